The van der Waals surface area contributed by atoms with Crippen LogP contribution in [0.15, 0.2) is 30.3 Å². The molecule has 3 atom stereocenters. The molecule has 0 amide bonds. The van der Waals surface area contributed by atoms with Gasteiger partial charge in [0.25, 0.3) is 0 Å². The van der Waals surface area contributed by atoms with Crippen LogP contribution >= 0.6 is 0 Å². The van der Waals surface area contributed by atoms with E-state index in [-0.39, 0.29) is 0 Å². The molecule has 0 radical (unpaired) electrons. The first kappa shape index (κ1) is 13.8. The molecule has 0 bridgehead atoms. The van der Waals surface area contributed by atoms with Crippen LogP contribution in [-0.4, -0.2) is 16.0 Å². The summed E-state index contributed by atoms with van der Waals surface area (Å²) >= 11 is 0. The van der Waals surface area contributed by atoms with Crippen LogP contribution < -0.4 is 5.73 Å². The third kappa shape index (κ3) is 3.66. The molecule has 2 N–H and O–H groups in total. The Balaban J connectivity index is 2.01. The van der Waals surface area contributed by atoms with Crippen LogP contribution in [0.25, 0.3) is 0 Å². The first-order chi connectivity index (χ1) is 8.81. The van der Waals surface area contributed by atoms with Crippen LogP contribution in [0.1, 0.15) is 37.7 Å². The van der Waals surface area contributed by atoms with E-state index in [1.54, 1.807) is 0 Å². The Morgan fingerprint density at radius 2 is 1.83 bits per heavy atom. The summed E-state index contributed by atoms with van der Waals surface area (Å²) in [5.41, 5.74) is 7.04. The zero-order chi connectivity index (χ0) is 12.8. The zero-order valence-corrected chi connectivity index (χ0v) is 11.7. The fourth-order valence-electron chi connectivity index (χ4n) is 2.81. The summed E-state index contributed by atoms with van der Waals surface area (Å²) in [6, 6.07) is 10.2. The Morgan fingerprint density at radius 1 is 1.11 bits per heavy atom. The molecule has 0 aliphatic heterocycles. The molecule has 100 valence electrons. The smallest absolute Gasteiger partial charge is 0.0488 e. The molecule has 3 heteroatoms. The van der Waals surface area contributed by atoms with Crippen molar-refractivity contribution in [3.63, 3.8) is 0 Å². The largest absolute Gasteiger partial charge is 0.330 e. The van der Waals surface area contributed by atoms with Gasteiger partial charge < -0.3 is 5.73 Å². The summed E-state index contributed by atoms with van der Waals surface area (Å²) < 4.78 is 12.5. The molecule has 1 saturated carbocycles. The molecule has 0 heterocycles. The van der Waals surface area contributed by atoms with Crippen LogP contribution in [-0.2, 0) is 16.6 Å². The van der Waals surface area contributed by atoms with E-state index in [1.807, 2.05) is 18.2 Å². The van der Waals surface area contributed by atoms with Gasteiger partial charge in [-0.3, -0.25) is 4.21 Å². The third-order valence-corrected chi connectivity index (χ3v) is 5.80. The van der Waals surface area contributed by atoms with E-state index in [9.17, 15) is 4.21 Å². The monoisotopic (exact) mass is 265 g/mol. The minimum absolute atomic E-state index is 0.303. The lowest BCUT2D eigenvalue weighted by Crippen LogP contribution is -2.31. The average molecular weight is 265 g/mol. The van der Waals surface area contributed by atoms with E-state index in [4.69, 9.17) is 5.73 Å². The molecule has 2 rings (SSSR count). The highest BCUT2D eigenvalue weighted by Gasteiger charge is 2.27. The fraction of sp³-hybridized carbons (Fsp3) is 0.600. The molecule has 0 spiro atoms. The highest BCUT2D eigenvalue weighted by molar-refractivity contribution is 7.84. The van der Waals surface area contributed by atoms with Gasteiger partial charge in [0, 0.05) is 21.8 Å². The summed E-state index contributed by atoms with van der Waals surface area (Å²) in [5, 5.41) is 0.303. The minimum Gasteiger partial charge on any atom is -0.330 e. The van der Waals surface area contributed by atoms with Gasteiger partial charge in [-0.05, 0) is 30.9 Å². The summed E-state index contributed by atoms with van der Waals surface area (Å²) in [7, 11) is -0.779. The van der Waals surface area contributed by atoms with Gasteiger partial charge in [0.1, 0.15) is 0 Å². The van der Waals surface area contributed by atoms with Gasteiger partial charge in [0.05, 0.1) is 0 Å². The van der Waals surface area contributed by atoms with Gasteiger partial charge >= 0.3 is 0 Å². The van der Waals surface area contributed by atoms with Crippen molar-refractivity contribution in [1.29, 1.82) is 0 Å². The molecule has 0 aromatic heterocycles. The number of hydrogen-bond acceptors (Lipinski definition) is 2. The van der Waals surface area contributed by atoms with Crippen LogP contribution in [0, 0.1) is 5.92 Å². The second-order valence-electron chi connectivity index (χ2n) is 5.18. The highest BCUT2D eigenvalue weighted by Crippen LogP contribution is 2.27. The predicted octanol–water partition coefficient (Wildman–Crippen LogP) is 2.84. The van der Waals surface area contributed by atoms with E-state index in [0.29, 0.717) is 23.5 Å². The molecule has 2 nitrogen and oxygen atoms in total. The molecule has 1 aliphatic carbocycles. The number of hydrogen-bond donors (Lipinski definition) is 1. The Morgan fingerprint density at radius 3 is 2.56 bits per heavy atom. The molecule has 3 unspecified atom stereocenters. The van der Waals surface area contributed by atoms with E-state index in [2.05, 4.69) is 12.1 Å². The summed E-state index contributed by atoms with van der Waals surface area (Å²) in [6.07, 6.45) is 5.97. The van der Waals surface area contributed by atoms with Gasteiger partial charge in [-0.2, -0.15) is 0 Å². The topological polar surface area (TPSA) is 43.1 Å². The van der Waals surface area contributed by atoms with E-state index < -0.39 is 10.8 Å². The van der Waals surface area contributed by atoms with Crippen molar-refractivity contribution < 1.29 is 4.21 Å². The molecular formula is C15H23NOS. The summed E-state index contributed by atoms with van der Waals surface area (Å²) in [5.74, 6) is 1.14. The lowest BCUT2D eigenvalue weighted by molar-refractivity contribution is 0.473. The first-order valence-corrected chi connectivity index (χ1v) is 8.30. The van der Waals surface area contributed by atoms with Crippen molar-refractivity contribution in [3.8, 4) is 0 Å². The molecule has 18 heavy (non-hydrogen) atoms. The van der Waals surface area contributed by atoms with Crippen molar-refractivity contribution in [2.75, 3.05) is 6.54 Å². The second-order valence-corrected chi connectivity index (χ2v) is 6.84. The fourth-order valence-corrected chi connectivity index (χ4v) is 4.65. The number of benzene rings is 1. The highest BCUT2D eigenvalue weighted by atomic mass is 32.2. The molecular weight excluding hydrogens is 242 g/mol. The van der Waals surface area contributed by atoms with Gasteiger partial charge in [-0.15, -0.1) is 0 Å². The maximum atomic E-state index is 12.5. The van der Waals surface area contributed by atoms with Crippen LogP contribution in [0.3, 0.4) is 0 Å². The van der Waals surface area contributed by atoms with Gasteiger partial charge in [0.15, 0.2) is 0 Å². The summed E-state index contributed by atoms with van der Waals surface area (Å²) in [6.45, 7) is 0.686. The van der Waals surface area contributed by atoms with Gasteiger partial charge in [0.2, 0.25) is 0 Å². The van der Waals surface area contributed by atoms with E-state index >= 15 is 0 Å². The summed E-state index contributed by atoms with van der Waals surface area (Å²) in [4.78, 5) is 0. The number of rotatable bonds is 4. The minimum atomic E-state index is -0.779. The third-order valence-electron chi connectivity index (χ3n) is 3.88. The molecule has 1 aromatic carbocycles. The molecule has 0 saturated heterocycles. The number of nitrogens with two attached hydrogens (primary N) is 1. The van der Waals surface area contributed by atoms with Crippen molar-refractivity contribution in [3.05, 3.63) is 35.9 Å². The predicted molar refractivity (Wildman–Crippen MR) is 77.7 cm³/mol. The van der Waals surface area contributed by atoms with Crippen molar-refractivity contribution in [1.82, 2.24) is 0 Å². The van der Waals surface area contributed by atoms with Gasteiger partial charge in [-0.1, -0.05) is 49.6 Å². The Bertz CT molecular complexity index is 379. The Labute approximate surface area is 112 Å². The zero-order valence-electron chi connectivity index (χ0n) is 10.9. The maximum Gasteiger partial charge on any atom is 0.0488 e. The lowest BCUT2D eigenvalue weighted by Gasteiger charge is -2.23. The van der Waals surface area contributed by atoms with Crippen LogP contribution in [0.5, 0.6) is 0 Å². The normalized spacial score (nSPS) is 26.5. The first-order valence-electron chi connectivity index (χ1n) is 6.92. The molecule has 1 aromatic rings. The standard InChI is InChI=1S/C15H23NOS/c16-11-14-9-5-2-6-10-15(14)18(17)12-13-7-3-1-4-8-13/h1,3-4,7-8,14-15H,2,5-6,9-12,16H2. The van der Waals surface area contributed by atoms with Gasteiger partial charge in [-0.25, -0.2) is 0 Å². The Hall–Kier alpha value is -0.670. The van der Waals surface area contributed by atoms with Crippen molar-refractivity contribution in [2.24, 2.45) is 11.7 Å². The van der Waals surface area contributed by atoms with Crippen LogP contribution in [0.2, 0.25) is 0 Å². The lowest BCUT2D eigenvalue weighted by atomic mass is 10.0. The van der Waals surface area contributed by atoms with Crippen molar-refractivity contribution >= 4 is 10.8 Å². The molecule has 1 aliphatic rings. The van der Waals surface area contributed by atoms with E-state index in [1.165, 1.54) is 24.8 Å². The average Bonchev–Trinajstić information content (AvgIpc) is 2.64. The van der Waals surface area contributed by atoms with Crippen molar-refractivity contribution in [2.45, 2.75) is 43.1 Å². The molecule has 1 fully saturated rings. The van der Waals surface area contributed by atoms with E-state index in [0.717, 1.165) is 12.8 Å². The van der Waals surface area contributed by atoms with Crippen LogP contribution in [0.4, 0.5) is 0 Å². The second kappa shape index (κ2) is 7.05. The maximum absolute atomic E-state index is 12.5. The Kier molecular flexibility index (Phi) is 5.39. The quantitative estimate of drug-likeness (QED) is 0.851. The SMILES string of the molecule is NCC1CCCCCC1S(=O)Cc1ccccc1.